The Balaban J connectivity index is 1.43. The van der Waals surface area contributed by atoms with Gasteiger partial charge in [-0.05, 0) is 49.1 Å². The molecular weight excluding hydrogens is 446 g/mol. The Labute approximate surface area is 193 Å². The molecule has 32 heavy (non-hydrogen) atoms. The van der Waals surface area contributed by atoms with Crippen LogP contribution in [0.4, 0.5) is 0 Å². The summed E-state index contributed by atoms with van der Waals surface area (Å²) in [6.45, 7) is 0.880. The molecule has 0 spiro atoms. The first-order valence-electron chi connectivity index (χ1n) is 10.9. The zero-order chi connectivity index (χ0) is 22.3. The molecule has 1 unspecified atom stereocenters. The third kappa shape index (κ3) is 3.84. The normalized spacial score (nSPS) is 19.9. The minimum atomic E-state index is -3.43. The van der Waals surface area contributed by atoms with Crippen LogP contribution in [-0.4, -0.2) is 40.5 Å². The first-order valence-corrected chi connectivity index (χ1v) is 13.0. The number of rotatable bonds is 6. The Morgan fingerprint density at radius 1 is 1.22 bits per heavy atom. The smallest absolute Gasteiger partial charge is 0.181 e. The van der Waals surface area contributed by atoms with Gasteiger partial charge in [0.2, 0.25) is 0 Å². The molecule has 1 saturated carbocycles. The molecule has 7 nitrogen and oxygen atoms in total. The number of aromatic nitrogens is 4. The molecule has 3 aromatic rings. The fraction of sp³-hybridized carbons (Fsp3) is 0.435. The van der Waals surface area contributed by atoms with E-state index in [9.17, 15) is 8.42 Å². The Morgan fingerprint density at radius 2 is 2.00 bits per heavy atom. The lowest BCUT2D eigenvalue weighted by Crippen LogP contribution is -2.49. The minimum absolute atomic E-state index is 0.0207. The quantitative estimate of drug-likeness (QED) is 0.593. The van der Waals surface area contributed by atoms with Crippen LogP contribution in [-0.2, 0) is 35.1 Å². The van der Waals surface area contributed by atoms with Crippen LogP contribution < -0.4 is 5.32 Å². The van der Waals surface area contributed by atoms with Crippen LogP contribution in [0.25, 0.3) is 0 Å². The summed E-state index contributed by atoms with van der Waals surface area (Å²) in [5.41, 5.74) is 3.41. The van der Waals surface area contributed by atoms with Gasteiger partial charge in [-0.1, -0.05) is 30.2 Å². The molecule has 5 rings (SSSR count). The van der Waals surface area contributed by atoms with E-state index in [2.05, 4.69) is 27.5 Å². The largest absolute Gasteiger partial charge is 0.308 e. The molecule has 168 valence electrons. The van der Waals surface area contributed by atoms with Crippen molar-refractivity contribution in [1.82, 2.24) is 25.1 Å². The number of halogens is 1. The average molecular weight is 472 g/mol. The summed E-state index contributed by atoms with van der Waals surface area (Å²) in [6.07, 6.45) is 9.28. The Morgan fingerprint density at radius 3 is 2.66 bits per heavy atom. The molecule has 9 heteroatoms. The summed E-state index contributed by atoms with van der Waals surface area (Å²) >= 11 is 6.14. The van der Waals surface area contributed by atoms with Gasteiger partial charge in [-0.3, -0.25) is 4.68 Å². The molecule has 1 N–H and O–H groups in total. The molecule has 0 radical (unpaired) electrons. The van der Waals surface area contributed by atoms with Gasteiger partial charge >= 0.3 is 0 Å². The molecule has 1 aromatic carbocycles. The maximum absolute atomic E-state index is 12.7. The van der Waals surface area contributed by atoms with Crippen LogP contribution in [0.15, 0.2) is 47.8 Å². The number of aryl methyl sites for hydroxylation is 2. The maximum atomic E-state index is 12.7. The molecule has 1 fully saturated rings. The van der Waals surface area contributed by atoms with Crippen molar-refractivity contribution in [2.75, 3.05) is 12.3 Å². The van der Waals surface area contributed by atoms with Gasteiger partial charge in [0.25, 0.3) is 0 Å². The second-order valence-corrected chi connectivity index (χ2v) is 11.3. The first kappa shape index (κ1) is 21.6. The predicted molar refractivity (Wildman–Crippen MR) is 122 cm³/mol. The van der Waals surface area contributed by atoms with E-state index < -0.39 is 9.84 Å². The van der Waals surface area contributed by atoms with Gasteiger partial charge in [-0.2, -0.15) is 5.10 Å². The van der Waals surface area contributed by atoms with Crippen LogP contribution in [0.2, 0.25) is 5.02 Å². The summed E-state index contributed by atoms with van der Waals surface area (Å²) in [7, 11) is -1.73. The number of benzene rings is 1. The van der Waals surface area contributed by atoms with Gasteiger partial charge in [0.15, 0.2) is 9.84 Å². The lowest BCUT2D eigenvalue weighted by Gasteiger charge is -2.50. The van der Waals surface area contributed by atoms with Gasteiger partial charge in [0.05, 0.1) is 23.7 Å². The van der Waals surface area contributed by atoms with Gasteiger partial charge in [-0.15, -0.1) is 0 Å². The summed E-state index contributed by atoms with van der Waals surface area (Å²) in [4.78, 5) is 9.63. The van der Waals surface area contributed by atoms with Gasteiger partial charge in [0.1, 0.15) is 10.7 Å². The van der Waals surface area contributed by atoms with E-state index in [0.717, 1.165) is 42.1 Å². The van der Waals surface area contributed by atoms with Gasteiger partial charge in [-0.25, -0.2) is 18.4 Å². The van der Waals surface area contributed by atoms with E-state index in [1.54, 1.807) is 7.05 Å². The van der Waals surface area contributed by atoms with Crippen LogP contribution in [0.1, 0.15) is 47.9 Å². The monoisotopic (exact) mass is 471 g/mol. The highest BCUT2D eigenvalue weighted by molar-refractivity contribution is 7.91. The van der Waals surface area contributed by atoms with E-state index in [4.69, 9.17) is 16.6 Å². The highest BCUT2D eigenvalue weighted by Crippen LogP contribution is 2.53. The van der Waals surface area contributed by atoms with Gasteiger partial charge < -0.3 is 5.32 Å². The lowest BCUT2D eigenvalue weighted by atomic mass is 9.58. The molecule has 0 saturated heterocycles. The minimum Gasteiger partial charge on any atom is -0.308 e. The molecule has 0 bridgehead atoms. The van der Waals surface area contributed by atoms with E-state index in [0.29, 0.717) is 5.82 Å². The second kappa shape index (κ2) is 8.24. The van der Waals surface area contributed by atoms with E-state index in [-0.39, 0.29) is 28.5 Å². The summed E-state index contributed by atoms with van der Waals surface area (Å²) < 4.78 is 26.8. The number of sulfone groups is 1. The number of hydrogen-bond donors (Lipinski definition) is 1. The molecular formula is C23H26ClN5O2S. The third-order valence-electron chi connectivity index (χ3n) is 6.82. The van der Waals surface area contributed by atoms with Crippen LogP contribution in [0, 0.1) is 0 Å². The molecule has 1 atom stereocenters. The standard InChI is InChI=1S/C23H26ClN5O2S/c1-29-15-19(14-27-29)32(30,31)12-8-20-26-13-16-7-11-25-22(21(16)28-20)23(9-2-10-23)17-3-5-18(24)6-4-17/h3-6,13-15,22,25H,2,7-12H2,1H3. The molecule has 2 aliphatic rings. The third-order valence-corrected chi connectivity index (χ3v) is 8.74. The summed E-state index contributed by atoms with van der Waals surface area (Å²) in [5, 5.41) is 8.41. The van der Waals surface area contributed by atoms with Crippen molar-refractivity contribution in [3.63, 3.8) is 0 Å². The van der Waals surface area contributed by atoms with Crippen LogP contribution >= 0.6 is 11.6 Å². The number of nitrogens with one attached hydrogen (secondary N) is 1. The van der Waals surface area contributed by atoms with Crippen molar-refractivity contribution >= 4 is 21.4 Å². The van der Waals surface area contributed by atoms with Crippen LogP contribution in [0.5, 0.6) is 0 Å². The molecule has 1 aliphatic heterocycles. The number of nitrogens with zero attached hydrogens (tertiary/aromatic N) is 4. The zero-order valence-electron chi connectivity index (χ0n) is 18.0. The Kier molecular flexibility index (Phi) is 5.55. The van der Waals surface area contributed by atoms with Crippen molar-refractivity contribution in [1.29, 1.82) is 0 Å². The van der Waals surface area contributed by atoms with Crippen molar-refractivity contribution < 1.29 is 8.42 Å². The SMILES string of the molecule is Cn1cc(S(=O)(=O)CCc2ncc3c(n2)C(C2(c4ccc(Cl)cc4)CCC2)NCC3)cn1. The van der Waals surface area contributed by atoms with Crippen molar-refractivity contribution in [3.05, 3.63) is 70.5 Å². The highest BCUT2D eigenvalue weighted by Gasteiger charge is 2.48. The fourth-order valence-electron chi connectivity index (χ4n) is 4.91. The Bertz CT molecular complexity index is 1240. The first-order chi connectivity index (χ1) is 15.4. The predicted octanol–water partition coefficient (Wildman–Crippen LogP) is 3.19. The summed E-state index contributed by atoms with van der Waals surface area (Å²) in [6, 6.07) is 8.24. The van der Waals surface area contributed by atoms with E-state index in [1.807, 2.05) is 18.3 Å². The Hall–Kier alpha value is -2.29. The zero-order valence-corrected chi connectivity index (χ0v) is 19.5. The summed E-state index contributed by atoms with van der Waals surface area (Å²) in [5.74, 6) is 0.522. The molecule has 1 aliphatic carbocycles. The molecule has 3 heterocycles. The average Bonchev–Trinajstić information content (AvgIpc) is 3.20. The van der Waals surface area contributed by atoms with Crippen molar-refractivity contribution in [3.8, 4) is 0 Å². The van der Waals surface area contributed by atoms with E-state index >= 15 is 0 Å². The maximum Gasteiger partial charge on any atom is 0.181 e. The van der Waals surface area contributed by atoms with E-state index in [1.165, 1.54) is 29.1 Å². The topological polar surface area (TPSA) is 89.8 Å². The molecule has 2 aromatic heterocycles. The fourth-order valence-corrected chi connectivity index (χ4v) is 6.25. The highest BCUT2D eigenvalue weighted by atomic mass is 35.5. The lowest BCUT2D eigenvalue weighted by molar-refractivity contribution is 0.161. The second-order valence-electron chi connectivity index (χ2n) is 8.77. The van der Waals surface area contributed by atoms with Crippen molar-refractivity contribution in [2.24, 2.45) is 7.05 Å². The van der Waals surface area contributed by atoms with Gasteiger partial charge in [0, 0.05) is 36.3 Å². The number of fused-ring (bicyclic) bond motifs is 1. The number of hydrogen-bond acceptors (Lipinski definition) is 6. The molecule has 0 amide bonds. The van der Waals surface area contributed by atoms with Crippen LogP contribution in [0.3, 0.4) is 0 Å². The van der Waals surface area contributed by atoms with Crippen molar-refractivity contribution in [2.45, 2.75) is 48.5 Å².